The van der Waals surface area contributed by atoms with Gasteiger partial charge in [0.05, 0.1) is 0 Å². The Labute approximate surface area is 290 Å². The molecule has 0 aliphatic rings. The van der Waals surface area contributed by atoms with Gasteiger partial charge in [-0.1, -0.05) is 125 Å². The van der Waals surface area contributed by atoms with Gasteiger partial charge in [0.1, 0.15) is 0 Å². The van der Waals surface area contributed by atoms with Crippen molar-refractivity contribution < 1.29 is 14.4 Å². The quantitative estimate of drug-likeness (QED) is 0.0573. The lowest BCUT2D eigenvalue weighted by molar-refractivity contribution is -0.154. The fourth-order valence-electron chi connectivity index (χ4n) is 5.09. The van der Waals surface area contributed by atoms with E-state index in [2.05, 4.69) is 86.8 Å². The number of carbonyl (C=O) groups is 3. The predicted octanol–water partition coefficient (Wildman–Crippen LogP) is 11.4. The highest BCUT2D eigenvalue weighted by atomic mass is 16.2. The molecule has 0 aromatic carbocycles. The van der Waals surface area contributed by atoms with Crippen LogP contribution in [-0.4, -0.2) is 48.2 Å². The average molecular weight is 651 g/mol. The van der Waals surface area contributed by atoms with Gasteiger partial charge in [-0.15, -0.1) is 0 Å². The summed E-state index contributed by atoms with van der Waals surface area (Å²) in [4.78, 5) is 42.1. The Morgan fingerprint density at radius 2 is 0.723 bits per heavy atom. The highest BCUT2D eigenvalue weighted by molar-refractivity contribution is 6.10. The number of carbonyl (C=O) groups excluding carboxylic acids is 3. The number of amides is 3. The molecule has 0 fully saturated rings. The van der Waals surface area contributed by atoms with Crippen molar-refractivity contribution in [1.82, 2.24) is 9.80 Å². The van der Waals surface area contributed by atoms with Gasteiger partial charge in [-0.3, -0.25) is 14.4 Å². The molecule has 3 amide bonds. The minimum absolute atomic E-state index is 0.230. The molecule has 0 N–H and O–H groups in total. The number of nitrogens with zero attached hydrogens (tertiary/aromatic N) is 2. The van der Waals surface area contributed by atoms with Crippen LogP contribution in [0.3, 0.4) is 0 Å². The van der Waals surface area contributed by atoms with E-state index in [0.29, 0.717) is 6.42 Å². The second kappa shape index (κ2) is 34.5. The Morgan fingerprint density at radius 1 is 0.404 bits per heavy atom. The topological polar surface area (TPSA) is 57.7 Å². The molecule has 0 aromatic heterocycles. The van der Waals surface area contributed by atoms with Gasteiger partial charge < -0.3 is 4.90 Å². The van der Waals surface area contributed by atoms with Crippen LogP contribution in [0.25, 0.3) is 0 Å². The Hall–Kier alpha value is -2.79. The summed E-state index contributed by atoms with van der Waals surface area (Å²) >= 11 is 0. The van der Waals surface area contributed by atoms with E-state index in [1.807, 2.05) is 19.0 Å². The van der Waals surface area contributed by atoms with Crippen LogP contribution >= 0.6 is 0 Å². The van der Waals surface area contributed by atoms with Crippen molar-refractivity contribution in [3.63, 3.8) is 0 Å². The molecular formula is C42H70N2O3. The molecular weight excluding hydrogens is 580 g/mol. The maximum Gasteiger partial charge on any atom is 0.236 e. The van der Waals surface area contributed by atoms with Crippen molar-refractivity contribution in [2.75, 3.05) is 20.6 Å². The zero-order valence-corrected chi connectivity index (χ0v) is 30.8. The summed E-state index contributed by atoms with van der Waals surface area (Å²) in [5.74, 6) is -0.963. The molecule has 0 rings (SSSR count). The van der Waals surface area contributed by atoms with Gasteiger partial charge in [0.25, 0.3) is 0 Å². The molecule has 0 aliphatic carbocycles. The lowest BCUT2D eigenvalue weighted by Gasteiger charge is -2.20. The smallest absolute Gasteiger partial charge is 0.236 e. The van der Waals surface area contributed by atoms with Crippen LogP contribution in [-0.2, 0) is 14.4 Å². The molecule has 0 radical (unpaired) electrons. The van der Waals surface area contributed by atoms with Crippen molar-refractivity contribution in [1.29, 1.82) is 0 Å². The zero-order valence-electron chi connectivity index (χ0n) is 30.8. The first-order chi connectivity index (χ1) is 22.9. The van der Waals surface area contributed by atoms with Crippen LogP contribution in [0.5, 0.6) is 0 Å². The van der Waals surface area contributed by atoms with Gasteiger partial charge in [-0.25, -0.2) is 4.90 Å². The van der Waals surface area contributed by atoms with Crippen molar-refractivity contribution in [3.8, 4) is 0 Å². The Kier molecular flexibility index (Phi) is 32.5. The van der Waals surface area contributed by atoms with E-state index in [0.717, 1.165) is 127 Å². The van der Waals surface area contributed by atoms with E-state index in [1.165, 1.54) is 0 Å². The average Bonchev–Trinajstić information content (AvgIpc) is 3.04. The summed E-state index contributed by atoms with van der Waals surface area (Å²) in [6, 6.07) is 0. The highest BCUT2D eigenvalue weighted by Crippen LogP contribution is 2.14. The van der Waals surface area contributed by atoms with E-state index in [9.17, 15) is 14.4 Å². The molecule has 5 heteroatoms. The first kappa shape index (κ1) is 44.2. The Morgan fingerprint density at radius 3 is 1.11 bits per heavy atom. The van der Waals surface area contributed by atoms with Gasteiger partial charge in [-0.05, 0) is 104 Å². The van der Waals surface area contributed by atoms with E-state index in [1.54, 1.807) is 0 Å². The third-order valence-corrected chi connectivity index (χ3v) is 7.83. The lowest BCUT2D eigenvalue weighted by atomic mass is 10.1. The molecule has 0 aliphatic heterocycles. The molecule has 266 valence electrons. The number of unbranched alkanes of at least 4 members (excludes halogenated alkanes) is 10. The van der Waals surface area contributed by atoms with E-state index in [4.69, 9.17) is 0 Å². The van der Waals surface area contributed by atoms with Crippen LogP contribution in [0, 0.1) is 0 Å². The van der Waals surface area contributed by atoms with Crippen LogP contribution in [0.4, 0.5) is 0 Å². The van der Waals surface area contributed by atoms with E-state index < -0.39 is 0 Å². The SMILES string of the molecule is CC/C=C\C/C=C\C/C=C\CCCCCCCC(=O)N(C(=O)CCCCCCC/C=C\C/C=C\C/C=C\CC)C(=O)CCCN(C)C. The number of hydrogen-bond acceptors (Lipinski definition) is 4. The second-order valence-electron chi connectivity index (χ2n) is 12.6. The van der Waals surface area contributed by atoms with Crippen molar-refractivity contribution >= 4 is 17.7 Å². The first-order valence-electron chi connectivity index (χ1n) is 18.9. The fraction of sp³-hybridized carbons (Fsp3) is 0.643. The lowest BCUT2D eigenvalue weighted by Crippen LogP contribution is -2.41. The van der Waals surface area contributed by atoms with Crippen molar-refractivity contribution in [2.24, 2.45) is 0 Å². The van der Waals surface area contributed by atoms with Gasteiger partial charge in [0, 0.05) is 19.3 Å². The first-order valence-corrected chi connectivity index (χ1v) is 18.9. The zero-order chi connectivity index (χ0) is 34.6. The van der Waals surface area contributed by atoms with Gasteiger partial charge >= 0.3 is 0 Å². The summed E-state index contributed by atoms with van der Waals surface area (Å²) in [6.45, 7) is 5.05. The minimum Gasteiger partial charge on any atom is -0.309 e. The van der Waals surface area contributed by atoms with Crippen molar-refractivity contribution in [2.45, 2.75) is 155 Å². The van der Waals surface area contributed by atoms with Gasteiger partial charge in [0.15, 0.2) is 0 Å². The molecule has 47 heavy (non-hydrogen) atoms. The van der Waals surface area contributed by atoms with Crippen molar-refractivity contribution in [3.05, 3.63) is 72.9 Å². The summed E-state index contributed by atoms with van der Waals surface area (Å²) in [5.41, 5.74) is 0. The van der Waals surface area contributed by atoms with Gasteiger partial charge in [-0.2, -0.15) is 0 Å². The van der Waals surface area contributed by atoms with Crippen LogP contribution < -0.4 is 0 Å². The molecule has 0 bridgehead atoms. The largest absolute Gasteiger partial charge is 0.309 e. The minimum atomic E-state index is -0.333. The molecule has 0 heterocycles. The third-order valence-electron chi connectivity index (χ3n) is 7.83. The number of allylic oxidation sites excluding steroid dienone is 12. The van der Waals surface area contributed by atoms with Crippen LogP contribution in [0.15, 0.2) is 72.9 Å². The molecule has 5 nitrogen and oxygen atoms in total. The molecule has 0 saturated heterocycles. The molecule has 0 unspecified atom stereocenters. The Balaban J connectivity index is 4.32. The predicted molar refractivity (Wildman–Crippen MR) is 203 cm³/mol. The third kappa shape index (κ3) is 30.3. The highest BCUT2D eigenvalue weighted by Gasteiger charge is 2.27. The summed E-state index contributed by atoms with van der Waals surface area (Å²) < 4.78 is 0. The van der Waals surface area contributed by atoms with Crippen LogP contribution in [0.1, 0.15) is 155 Å². The second-order valence-corrected chi connectivity index (χ2v) is 12.6. The summed E-state index contributed by atoms with van der Waals surface area (Å²) in [6.07, 6.45) is 46.4. The van der Waals surface area contributed by atoms with Gasteiger partial charge in [0.2, 0.25) is 17.7 Å². The fourth-order valence-corrected chi connectivity index (χ4v) is 5.09. The molecule has 0 saturated carbocycles. The normalized spacial score (nSPS) is 12.4. The molecule has 0 spiro atoms. The van der Waals surface area contributed by atoms with E-state index in [-0.39, 0.29) is 37.0 Å². The Bertz CT molecular complexity index is 891. The maximum absolute atomic E-state index is 13.1. The summed E-state index contributed by atoms with van der Waals surface area (Å²) in [5, 5.41) is 0. The monoisotopic (exact) mass is 651 g/mol. The summed E-state index contributed by atoms with van der Waals surface area (Å²) in [7, 11) is 3.92. The maximum atomic E-state index is 13.1. The molecule has 0 aromatic rings. The standard InChI is InChI=1S/C42H70N2O3/c1-5-7-9-11-13-15-17-19-21-23-25-27-29-31-33-36-40(45)44(42(47)38-35-39-43(3)4)41(46)37-34-32-30-28-26-24-22-20-18-16-14-12-10-8-6-2/h7-10,13-16,19-22H,5-6,11-12,17-18,23-39H2,1-4H3/b9-7-,10-8-,15-13-,16-14-,21-19-,22-20-. The number of rotatable bonds is 30. The molecule has 0 atom stereocenters. The number of imide groups is 3. The number of hydrogen-bond donors (Lipinski definition) is 0. The van der Waals surface area contributed by atoms with Crippen LogP contribution in [0.2, 0.25) is 0 Å². The van der Waals surface area contributed by atoms with E-state index >= 15 is 0 Å².